The fourth-order valence-electron chi connectivity index (χ4n) is 10.7. The standard InChI is InChI=1S/C24H39NO7/c1-5-25-10-21(11-30-2)7-6-15(26)23-13-8-12-14(31-3)9-22(28,16(13)17(12)27)24(29,20(23)25)19(32-4)18(21)23/h12-20,26-29H,5-11H2,1-4H3/t12?,13?,14-,15?,16?,17?,18?,19-,20?,21?,22?,23?,24?/m0/s1. The molecule has 0 aromatic carbocycles. The van der Waals surface area contributed by atoms with Gasteiger partial charge in [0, 0.05) is 62.9 Å². The second-order valence-electron chi connectivity index (χ2n) is 11.7. The fraction of sp³-hybridized carbons (Fsp3) is 1.00. The Morgan fingerprint density at radius 3 is 2.47 bits per heavy atom. The van der Waals surface area contributed by atoms with Crippen LogP contribution in [0.25, 0.3) is 0 Å². The molecule has 1 aliphatic heterocycles. The molecule has 182 valence electrons. The first-order chi connectivity index (χ1) is 15.2. The molecule has 8 nitrogen and oxygen atoms in total. The number of piperidine rings is 1. The van der Waals surface area contributed by atoms with Crippen LogP contribution >= 0.6 is 0 Å². The number of hydrogen-bond acceptors (Lipinski definition) is 8. The van der Waals surface area contributed by atoms with Crippen molar-refractivity contribution in [1.82, 2.24) is 4.90 Å². The maximum absolute atomic E-state index is 12.8. The van der Waals surface area contributed by atoms with Gasteiger partial charge in [0.2, 0.25) is 0 Å². The fourth-order valence-corrected chi connectivity index (χ4v) is 10.7. The highest BCUT2D eigenvalue weighted by atomic mass is 16.5. The summed E-state index contributed by atoms with van der Waals surface area (Å²) in [7, 11) is 4.95. The average Bonchev–Trinajstić information content (AvgIpc) is 3.14. The number of hydrogen-bond donors (Lipinski definition) is 4. The Morgan fingerprint density at radius 2 is 1.84 bits per heavy atom. The minimum Gasteiger partial charge on any atom is -0.392 e. The van der Waals surface area contributed by atoms with Crippen molar-refractivity contribution in [3.8, 4) is 0 Å². The summed E-state index contributed by atoms with van der Waals surface area (Å²) in [6.07, 6.45) is -0.0296. The SMILES string of the molecule is CCN1CC2(COC)CCC(O)C34C5CC6C(O)C5C(O)(C[C@@H]6OC)C(O)(C13)[C@@H](OC)C24. The highest BCUT2D eigenvalue weighted by molar-refractivity contribution is 5.41. The van der Waals surface area contributed by atoms with Gasteiger partial charge in [-0.15, -0.1) is 0 Å². The van der Waals surface area contributed by atoms with Crippen LogP contribution in [0.3, 0.4) is 0 Å². The monoisotopic (exact) mass is 453 g/mol. The lowest BCUT2D eigenvalue weighted by molar-refractivity contribution is -0.317. The van der Waals surface area contributed by atoms with Crippen molar-refractivity contribution in [1.29, 1.82) is 0 Å². The summed E-state index contributed by atoms with van der Waals surface area (Å²) in [6, 6.07) is -0.442. The van der Waals surface area contributed by atoms with Gasteiger partial charge < -0.3 is 34.6 Å². The quantitative estimate of drug-likeness (QED) is 0.446. The molecule has 0 radical (unpaired) electrons. The van der Waals surface area contributed by atoms with E-state index in [2.05, 4.69) is 11.8 Å². The molecule has 32 heavy (non-hydrogen) atoms. The van der Waals surface area contributed by atoms with Gasteiger partial charge >= 0.3 is 0 Å². The number of aliphatic hydroxyl groups is 4. The van der Waals surface area contributed by atoms with E-state index in [1.165, 1.54) is 0 Å². The summed E-state index contributed by atoms with van der Waals surface area (Å²) in [6.45, 7) is 4.05. The summed E-state index contributed by atoms with van der Waals surface area (Å²) in [5, 5.41) is 48.5. The molecular weight excluding hydrogens is 414 g/mol. The summed E-state index contributed by atoms with van der Waals surface area (Å²) in [5.74, 6) is -0.889. The Labute approximate surface area is 189 Å². The molecule has 8 heteroatoms. The van der Waals surface area contributed by atoms with Crippen LogP contribution in [-0.4, -0.2) is 108 Å². The number of ether oxygens (including phenoxy) is 3. The van der Waals surface area contributed by atoms with Crippen molar-refractivity contribution in [2.45, 2.75) is 74.3 Å². The molecule has 0 aromatic heterocycles. The van der Waals surface area contributed by atoms with Gasteiger partial charge in [-0.25, -0.2) is 0 Å². The molecule has 11 unspecified atom stereocenters. The van der Waals surface area contributed by atoms with E-state index in [0.29, 0.717) is 26.0 Å². The van der Waals surface area contributed by atoms with Crippen molar-refractivity contribution in [2.24, 2.45) is 34.5 Å². The van der Waals surface area contributed by atoms with Gasteiger partial charge in [0.15, 0.2) is 0 Å². The summed E-state index contributed by atoms with van der Waals surface area (Å²) in [5.41, 5.74) is -4.15. The molecule has 0 amide bonds. The van der Waals surface area contributed by atoms with Crippen LogP contribution in [0.2, 0.25) is 0 Å². The van der Waals surface area contributed by atoms with Gasteiger partial charge in [-0.1, -0.05) is 6.92 Å². The Bertz CT molecular complexity index is 798. The third kappa shape index (κ3) is 1.99. The molecule has 6 rings (SSSR count). The van der Waals surface area contributed by atoms with E-state index in [1.54, 1.807) is 21.3 Å². The highest BCUT2D eigenvalue weighted by Crippen LogP contribution is 2.80. The van der Waals surface area contributed by atoms with Gasteiger partial charge in [0.25, 0.3) is 0 Å². The lowest BCUT2D eigenvalue weighted by Crippen LogP contribution is -2.81. The van der Waals surface area contributed by atoms with Crippen molar-refractivity contribution < 1.29 is 34.6 Å². The molecule has 4 N–H and O–H groups in total. The first kappa shape index (κ1) is 22.2. The number of likely N-dealkylation sites (tertiary alicyclic amines) is 1. The van der Waals surface area contributed by atoms with Crippen molar-refractivity contribution in [3.63, 3.8) is 0 Å². The minimum atomic E-state index is -1.63. The third-order valence-corrected chi connectivity index (χ3v) is 11.2. The Kier molecular flexibility index (Phi) is 4.62. The van der Waals surface area contributed by atoms with E-state index in [0.717, 1.165) is 13.0 Å². The second-order valence-corrected chi connectivity index (χ2v) is 11.7. The normalized spacial score (nSPS) is 62.4. The van der Waals surface area contributed by atoms with E-state index >= 15 is 0 Å². The predicted octanol–water partition coefficient (Wildman–Crippen LogP) is -0.383. The average molecular weight is 454 g/mol. The smallest absolute Gasteiger partial charge is 0.136 e. The zero-order chi connectivity index (χ0) is 22.8. The highest BCUT2D eigenvalue weighted by Gasteiger charge is 2.91. The zero-order valence-corrected chi connectivity index (χ0v) is 19.6. The van der Waals surface area contributed by atoms with Crippen LogP contribution in [0.5, 0.6) is 0 Å². The minimum absolute atomic E-state index is 0.102. The molecule has 1 heterocycles. The molecular formula is C24H39NO7. The number of likely N-dealkylation sites (N-methyl/N-ethyl adjacent to an activating group) is 1. The first-order valence-corrected chi connectivity index (χ1v) is 12.3. The van der Waals surface area contributed by atoms with Crippen LogP contribution in [-0.2, 0) is 14.2 Å². The van der Waals surface area contributed by atoms with Gasteiger partial charge in [0.1, 0.15) is 11.2 Å². The molecule has 6 fully saturated rings. The molecule has 6 aliphatic rings. The first-order valence-electron chi connectivity index (χ1n) is 12.3. The predicted molar refractivity (Wildman–Crippen MR) is 114 cm³/mol. The third-order valence-electron chi connectivity index (χ3n) is 11.2. The number of aliphatic hydroxyl groups excluding tert-OH is 2. The molecule has 5 saturated carbocycles. The number of fused-ring (bicyclic) bond motifs is 2. The maximum Gasteiger partial charge on any atom is 0.136 e. The second kappa shape index (κ2) is 6.66. The van der Waals surface area contributed by atoms with Gasteiger partial charge in [0.05, 0.1) is 37.1 Å². The van der Waals surface area contributed by atoms with Crippen LogP contribution in [0, 0.1) is 34.5 Å². The largest absolute Gasteiger partial charge is 0.392 e. The zero-order valence-electron chi connectivity index (χ0n) is 19.6. The Morgan fingerprint density at radius 1 is 1.09 bits per heavy atom. The Balaban J connectivity index is 1.67. The number of rotatable bonds is 5. The van der Waals surface area contributed by atoms with E-state index < -0.39 is 46.9 Å². The molecule has 1 spiro atoms. The van der Waals surface area contributed by atoms with Gasteiger partial charge in [-0.3, -0.25) is 4.90 Å². The number of methoxy groups -OCH3 is 3. The van der Waals surface area contributed by atoms with Crippen molar-refractivity contribution in [2.75, 3.05) is 41.0 Å². The number of nitrogens with zero attached hydrogens (tertiary/aromatic N) is 1. The van der Waals surface area contributed by atoms with Crippen LogP contribution in [0.4, 0.5) is 0 Å². The van der Waals surface area contributed by atoms with E-state index in [4.69, 9.17) is 14.2 Å². The topological polar surface area (TPSA) is 112 Å². The Hall–Kier alpha value is -0.320. The van der Waals surface area contributed by atoms with Crippen LogP contribution in [0.1, 0.15) is 32.6 Å². The van der Waals surface area contributed by atoms with Crippen LogP contribution < -0.4 is 0 Å². The maximum atomic E-state index is 12.8. The van der Waals surface area contributed by atoms with Crippen LogP contribution in [0.15, 0.2) is 0 Å². The summed E-state index contributed by atoms with van der Waals surface area (Å²) >= 11 is 0. The van der Waals surface area contributed by atoms with E-state index in [9.17, 15) is 20.4 Å². The van der Waals surface area contributed by atoms with Crippen molar-refractivity contribution >= 4 is 0 Å². The van der Waals surface area contributed by atoms with Gasteiger partial charge in [-0.2, -0.15) is 0 Å². The lowest BCUT2D eigenvalue weighted by Gasteiger charge is -2.69. The van der Waals surface area contributed by atoms with E-state index in [1.807, 2.05) is 0 Å². The van der Waals surface area contributed by atoms with Crippen molar-refractivity contribution in [3.05, 3.63) is 0 Å². The molecule has 5 aliphatic carbocycles. The molecule has 7 bridgehead atoms. The van der Waals surface area contributed by atoms with Gasteiger partial charge in [-0.05, 0) is 31.7 Å². The molecule has 13 atom stereocenters. The van der Waals surface area contributed by atoms with E-state index in [-0.39, 0.29) is 35.7 Å². The molecule has 0 aromatic rings. The molecule has 1 saturated heterocycles. The summed E-state index contributed by atoms with van der Waals surface area (Å²) < 4.78 is 17.7. The lowest BCUT2D eigenvalue weighted by atomic mass is 9.42. The summed E-state index contributed by atoms with van der Waals surface area (Å²) in [4.78, 5) is 2.28.